The molecule has 1 rings (SSSR count). The van der Waals surface area contributed by atoms with Gasteiger partial charge in [-0.15, -0.1) is 0 Å². The molecule has 1 unspecified atom stereocenters. The highest BCUT2D eigenvalue weighted by Crippen LogP contribution is 2.03. The van der Waals surface area contributed by atoms with E-state index in [1.807, 2.05) is 0 Å². The van der Waals surface area contributed by atoms with Crippen LogP contribution in [-0.4, -0.2) is 25.2 Å². The molecule has 0 aliphatic heterocycles. The Morgan fingerprint density at radius 2 is 2.33 bits per heavy atom. The van der Waals surface area contributed by atoms with Crippen molar-refractivity contribution >= 4 is 10.0 Å². The largest absolute Gasteiger partial charge is 0.445 e. The lowest BCUT2D eigenvalue weighted by atomic mass is 10.5. The number of hydrogen-bond donors (Lipinski definition) is 2. The van der Waals surface area contributed by atoms with Gasteiger partial charge in [-0.1, -0.05) is 0 Å². The van der Waals surface area contributed by atoms with Gasteiger partial charge >= 0.3 is 0 Å². The minimum Gasteiger partial charge on any atom is -0.445 e. The SMILES string of the molecule is Cc1cnc(CNS(=O)(=O)C(C)CN)o1. The second-order valence-electron chi connectivity index (χ2n) is 3.28. The molecule has 0 amide bonds. The van der Waals surface area contributed by atoms with Gasteiger partial charge in [0.15, 0.2) is 0 Å². The molecule has 0 radical (unpaired) electrons. The summed E-state index contributed by atoms with van der Waals surface area (Å²) in [5, 5.41) is -0.617. The number of sulfonamides is 1. The highest BCUT2D eigenvalue weighted by Gasteiger charge is 2.19. The molecule has 0 aliphatic rings. The van der Waals surface area contributed by atoms with Crippen LogP contribution < -0.4 is 10.5 Å². The quantitative estimate of drug-likeness (QED) is 0.730. The molecule has 0 bridgehead atoms. The van der Waals surface area contributed by atoms with Crippen LogP contribution in [-0.2, 0) is 16.6 Å². The van der Waals surface area contributed by atoms with Crippen molar-refractivity contribution in [3.8, 4) is 0 Å². The first kappa shape index (κ1) is 12.2. The number of aryl methyl sites for hydroxylation is 1. The summed E-state index contributed by atoms with van der Waals surface area (Å²) in [4.78, 5) is 3.88. The maximum absolute atomic E-state index is 11.5. The average Bonchev–Trinajstić information content (AvgIpc) is 2.60. The second kappa shape index (κ2) is 4.73. The van der Waals surface area contributed by atoms with Crippen LogP contribution in [0.4, 0.5) is 0 Å². The molecule has 0 saturated heterocycles. The Hall–Kier alpha value is -0.920. The van der Waals surface area contributed by atoms with Crippen LogP contribution in [0.25, 0.3) is 0 Å². The molecule has 7 heteroatoms. The lowest BCUT2D eigenvalue weighted by molar-refractivity contribution is 0.462. The highest BCUT2D eigenvalue weighted by atomic mass is 32.2. The average molecular weight is 233 g/mol. The molecule has 86 valence electrons. The molecule has 1 aromatic rings. The van der Waals surface area contributed by atoms with E-state index in [2.05, 4.69) is 9.71 Å². The van der Waals surface area contributed by atoms with Crippen LogP contribution in [0.3, 0.4) is 0 Å². The number of aromatic nitrogens is 1. The molecule has 1 atom stereocenters. The van der Waals surface area contributed by atoms with Gasteiger partial charge in [-0.3, -0.25) is 0 Å². The summed E-state index contributed by atoms with van der Waals surface area (Å²) in [5.41, 5.74) is 5.27. The predicted molar refractivity (Wildman–Crippen MR) is 55.5 cm³/mol. The summed E-state index contributed by atoms with van der Waals surface area (Å²) in [7, 11) is -3.37. The summed E-state index contributed by atoms with van der Waals surface area (Å²) >= 11 is 0. The van der Waals surface area contributed by atoms with Gasteiger partial charge < -0.3 is 10.2 Å². The van der Waals surface area contributed by atoms with Crippen molar-refractivity contribution in [1.82, 2.24) is 9.71 Å². The number of nitrogens with one attached hydrogen (secondary N) is 1. The molecule has 3 N–H and O–H groups in total. The van der Waals surface area contributed by atoms with Crippen LogP contribution in [0.1, 0.15) is 18.6 Å². The van der Waals surface area contributed by atoms with E-state index in [0.29, 0.717) is 11.7 Å². The molecular weight excluding hydrogens is 218 g/mol. The van der Waals surface area contributed by atoms with Crippen molar-refractivity contribution in [3.05, 3.63) is 17.8 Å². The Morgan fingerprint density at radius 3 is 2.80 bits per heavy atom. The number of nitrogens with two attached hydrogens (primary N) is 1. The summed E-state index contributed by atoms with van der Waals surface area (Å²) in [6.45, 7) is 3.43. The van der Waals surface area contributed by atoms with Crippen LogP contribution in [0.5, 0.6) is 0 Å². The second-order valence-corrected chi connectivity index (χ2v) is 5.46. The highest BCUT2D eigenvalue weighted by molar-refractivity contribution is 7.90. The minimum absolute atomic E-state index is 0.0561. The summed E-state index contributed by atoms with van der Waals surface area (Å²) < 4.78 is 30.5. The van der Waals surface area contributed by atoms with E-state index in [1.165, 1.54) is 6.20 Å². The fraction of sp³-hybridized carbons (Fsp3) is 0.625. The Kier molecular flexibility index (Phi) is 3.83. The van der Waals surface area contributed by atoms with Crippen LogP contribution in [0.2, 0.25) is 0 Å². The number of rotatable bonds is 5. The van der Waals surface area contributed by atoms with Crippen molar-refractivity contribution in [2.45, 2.75) is 25.6 Å². The van der Waals surface area contributed by atoms with Crippen molar-refractivity contribution in [1.29, 1.82) is 0 Å². The minimum atomic E-state index is -3.37. The summed E-state index contributed by atoms with van der Waals surface area (Å²) in [6, 6.07) is 0. The summed E-state index contributed by atoms with van der Waals surface area (Å²) in [6.07, 6.45) is 1.54. The fourth-order valence-electron chi connectivity index (χ4n) is 0.914. The van der Waals surface area contributed by atoms with Crippen LogP contribution in [0, 0.1) is 6.92 Å². The molecule has 1 aromatic heterocycles. The number of hydrogen-bond acceptors (Lipinski definition) is 5. The van der Waals surface area contributed by atoms with E-state index < -0.39 is 15.3 Å². The van der Waals surface area contributed by atoms with Crippen molar-refractivity contribution in [3.63, 3.8) is 0 Å². The molecule has 0 aliphatic carbocycles. The third kappa shape index (κ3) is 3.29. The van der Waals surface area contributed by atoms with Gasteiger partial charge in [0.05, 0.1) is 18.0 Å². The van der Waals surface area contributed by atoms with Crippen LogP contribution in [0.15, 0.2) is 10.6 Å². The van der Waals surface area contributed by atoms with Crippen molar-refractivity contribution in [2.24, 2.45) is 5.73 Å². The Morgan fingerprint density at radius 1 is 1.67 bits per heavy atom. The smallest absolute Gasteiger partial charge is 0.215 e. The zero-order valence-electron chi connectivity index (χ0n) is 8.73. The van der Waals surface area contributed by atoms with E-state index in [9.17, 15) is 8.42 Å². The van der Waals surface area contributed by atoms with Crippen LogP contribution >= 0.6 is 0 Å². The zero-order chi connectivity index (χ0) is 11.5. The normalized spacial score (nSPS) is 14.1. The first-order valence-electron chi connectivity index (χ1n) is 4.55. The third-order valence-corrected chi connectivity index (χ3v) is 3.75. The van der Waals surface area contributed by atoms with E-state index in [4.69, 9.17) is 10.2 Å². The van der Waals surface area contributed by atoms with Gasteiger partial charge in [0, 0.05) is 6.54 Å². The molecule has 6 nitrogen and oxygen atoms in total. The number of nitrogens with zero attached hydrogens (tertiary/aromatic N) is 1. The number of oxazole rings is 1. The first-order valence-corrected chi connectivity index (χ1v) is 6.10. The van der Waals surface area contributed by atoms with E-state index in [-0.39, 0.29) is 13.1 Å². The standard InChI is InChI=1S/C8H15N3O3S/c1-6-4-10-8(14-6)5-11-15(12,13)7(2)3-9/h4,7,11H,3,5,9H2,1-2H3. The van der Waals surface area contributed by atoms with Gasteiger partial charge in [-0.25, -0.2) is 18.1 Å². The van der Waals surface area contributed by atoms with Gasteiger partial charge in [0.25, 0.3) is 0 Å². The predicted octanol–water partition coefficient (Wildman–Crippen LogP) is -0.250. The van der Waals surface area contributed by atoms with E-state index in [0.717, 1.165) is 0 Å². The molecular formula is C8H15N3O3S. The van der Waals surface area contributed by atoms with Gasteiger partial charge in [0.1, 0.15) is 5.76 Å². The molecule has 0 spiro atoms. The topological polar surface area (TPSA) is 98.2 Å². The lowest BCUT2D eigenvalue weighted by Gasteiger charge is -2.10. The third-order valence-electron chi connectivity index (χ3n) is 1.96. The molecule has 0 saturated carbocycles. The fourth-order valence-corrected chi connectivity index (χ4v) is 1.78. The first-order chi connectivity index (χ1) is 6.95. The van der Waals surface area contributed by atoms with E-state index in [1.54, 1.807) is 13.8 Å². The van der Waals surface area contributed by atoms with Crippen molar-refractivity contribution < 1.29 is 12.8 Å². The molecule has 0 aromatic carbocycles. The Balaban J connectivity index is 2.57. The monoisotopic (exact) mass is 233 g/mol. The van der Waals surface area contributed by atoms with Crippen molar-refractivity contribution in [2.75, 3.05) is 6.54 Å². The Labute approximate surface area is 88.9 Å². The summed E-state index contributed by atoms with van der Waals surface area (Å²) in [5.74, 6) is 0.997. The van der Waals surface area contributed by atoms with Gasteiger partial charge in [-0.05, 0) is 13.8 Å². The molecule has 0 fully saturated rings. The maximum Gasteiger partial charge on any atom is 0.215 e. The lowest BCUT2D eigenvalue weighted by Crippen LogP contribution is -2.36. The van der Waals surface area contributed by atoms with Gasteiger partial charge in [-0.2, -0.15) is 0 Å². The molecule has 1 heterocycles. The maximum atomic E-state index is 11.5. The Bertz CT molecular complexity index is 413. The zero-order valence-corrected chi connectivity index (χ0v) is 9.54. The molecule has 15 heavy (non-hydrogen) atoms. The van der Waals surface area contributed by atoms with E-state index >= 15 is 0 Å². The van der Waals surface area contributed by atoms with Gasteiger partial charge in [0.2, 0.25) is 15.9 Å².